The van der Waals surface area contributed by atoms with E-state index in [-0.39, 0.29) is 17.0 Å². The van der Waals surface area contributed by atoms with Crippen LogP contribution in [0.4, 0.5) is 20.9 Å². The predicted molar refractivity (Wildman–Crippen MR) is 111 cm³/mol. The van der Waals surface area contributed by atoms with Gasteiger partial charge < -0.3 is 15.4 Å². The molecule has 146 valence electrons. The summed E-state index contributed by atoms with van der Waals surface area (Å²) in [5.41, 5.74) is 1.40. The molecule has 0 spiro atoms. The topological polar surface area (TPSA) is 76.1 Å². The number of carbonyl (C=O) groups excluding carboxylic acids is 1. The van der Waals surface area contributed by atoms with Crippen LogP contribution in [-0.2, 0) is 4.79 Å². The van der Waals surface area contributed by atoms with Crippen molar-refractivity contribution >= 4 is 45.5 Å². The van der Waals surface area contributed by atoms with Gasteiger partial charge in [0.15, 0.2) is 4.34 Å². The molecule has 1 amide bonds. The number of carbonyl (C=O) groups is 1. The van der Waals surface area contributed by atoms with Crippen molar-refractivity contribution in [2.45, 2.75) is 22.9 Å². The average Bonchev–Trinajstić information content (AvgIpc) is 3.14. The third kappa shape index (κ3) is 5.43. The monoisotopic (exact) mass is 418 g/mol. The van der Waals surface area contributed by atoms with E-state index in [9.17, 15) is 9.18 Å². The summed E-state index contributed by atoms with van der Waals surface area (Å²) in [4.78, 5) is 12.5. The lowest BCUT2D eigenvalue weighted by Crippen LogP contribution is -2.24. The van der Waals surface area contributed by atoms with Crippen LogP contribution in [0.15, 0.2) is 52.9 Å². The number of anilines is 3. The number of hydrogen-bond donors (Lipinski definition) is 2. The number of methoxy groups -OCH3 is 1. The van der Waals surface area contributed by atoms with Gasteiger partial charge in [-0.3, -0.25) is 4.79 Å². The molecule has 0 saturated heterocycles. The highest BCUT2D eigenvalue weighted by molar-refractivity contribution is 8.02. The first-order valence-electron chi connectivity index (χ1n) is 8.55. The number of nitrogens with one attached hydrogen (secondary N) is 2. The highest BCUT2D eigenvalue weighted by Crippen LogP contribution is 2.32. The van der Waals surface area contributed by atoms with Gasteiger partial charge in [-0.1, -0.05) is 36.1 Å². The van der Waals surface area contributed by atoms with Gasteiger partial charge in [0.05, 0.1) is 12.4 Å². The van der Waals surface area contributed by atoms with Gasteiger partial charge in [0, 0.05) is 17.4 Å². The molecule has 0 fully saturated rings. The summed E-state index contributed by atoms with van der Waals surface area (Å²) in [6, 6.07) is 13.2. The van der Waals surface area contributed by atoms with Crippen molar-refractivity contribution in [2.75, 3.05) is 17.7 Å². The van der Waals surface area contributed by atoms with Crippen molar-refractivity contribution in [1.82, 2.24) is 10.2 Å². The summed E-state index contributed by atoms with van der Waals surface area (Å²) >= 11 is 2.72. The van der Waals surface area contributed by atoms with Crippen molar-refractivity contribution in [1.29, 1.82) is 0 Å². The Hall–Kier alpha value is -2.65. The van der Waals surface area contributed by atoms with Crippen molar-refractivity contribution in [3.8, 4) is 5.75 Å². The molecule has 0 aliphatic rings. The number of benzene rings is 2. The van der Waals surface area contributed by atoms with E-state index in [0.717, 1.165) is 11.4 Å². The van der Waals surface area contributed by atoms with Crippen LogP contribution in [-0.4, -0.2) is 28.5 Å². The molecular weight excluding hydrogens is 399 g/mol. The summed E-state index contributed by atoms with van der Waals surface area (Å²) in [7, 11) is 1.61. The molecule has 1 atom stereocenters. The Morgan fingerprint density at radius 1 is 1.21 bits per heavy atom. The molecular formula is C19H19FN4O2S2. The number of ether oxygens (including phenoxy) is 1. The van der Waals surface area contributed by atoms with Crippen LogP contribution in [0.1, 0.15) is 13.3 Å². The first-order valence-corrected chi connectivity index (χ1v) is 10.2. The number of hydrogen-bond acceptors (Lipinski definition) is 7. The number of halogens is 1. The second kappa shape index (κ2) is 9.52. The summed E-state index contributed by atoms with van der Waals surface area (Å²) in [6.45, 7) is 1.93. The number of aromatic nitrogens is 2. The molecule has 28 heavy (non-hydrogen) atoms. The van der Waals surface area contributed by atoms with E-state index in [1.807, 2.05) is 31.2 Å². The van der Waals surface area contributed by atoms with Crippen LogP contribution >= 0.6 is 23.1 Å². The SMILES string of the molecule is CCC(Sc1nnc(Nc2cccc(OC)c2)s1)C(=O)Nc1ccc(F)cc1. The minimum atomic E-state index is -0.343. The van der Waals surface area contributed by atoms with E-state index in [1.165, 1.54) is 47.4 Å². The Balaban J connectivity index is 1.61. The molecule has 0 aliphatic carbocycles. The molecule has 0 radical (unpaired) electrons. The van der Waals surface area contributed by atoms with Gasteiger partial charge in [0.1, 0.15) is 11.6 Å². The van der Waals surface area contributed by atoms with Crippen LogP contribution in [0.2, 0.25) is 0 Å². The van der Waals surface area contributed by atoms with Crippen LogP contribution in [0.5, 0.6) is 5.75 Å². The molecule has 2 N–H and O–H groups in total. The molecule has 1 heterocycles. The van der Waals surface area contributed by atoms with Gasteiger partial charge in [-0.2, -0.15) is 0 Å². The van der Waals surface area contributed by atoms with Crippen LogP contribution in [0, 0.1) is 5.82 Å². The lowest BCUT2D eigenvalue weighted by atomic mass is 10.2. The zero-order chi connectivity index (χ0) is 19.9. The minimum absolute atomic E-state index is 0.156. The summed E-state index contributed by atoms with van der Waals surface area (Å²) in [5, 5.41) is 14.6. The Bertz CT molecular complexity index is 934. The Morgan fingerprint density at radius 2 is 2.00 bits per heavy atom. The standard InChI is InChI=1S/C19H19FN4O2S2/c1-3-16(17(25)21-13-9-7-12(20)8-10-13)27-19-24-23-18(28-19)22-14-5-4-6-15(11-14)26-2/h4-11,16H,3H2,1-2H3,(H,21,25)(H,22,23). The van der Waals surface area contributed by atoms with Crippen LogP contribution in [0.25, 0.3) is 0 Å². The van der Waals surface area contributed by atoms with Crippen LogP contribution < -0.4 is 15.4 Å². The molecule has 0 bridgehead atoms. The summed E-state index contributed by atoms with van der Waals surface area (Å²) in [5.74, 6) is 0.244. The van der Waals surface area contributed by atoms with Gasteiger partial charge in [-0.15, -0.1) is 10.2 Å². The smallest absolute Gasteiger partial charge is 0.237 e. The quantitative estimate of drug-likeness (QED) is 0.505. The summed E-state index contributed by atoms with van der Waals surface area (Å²) in [6.07, 6.45) is 0.621. The molecule has 0 saturated carbocycles. The highest BCUT2D eigenvalue weighted by Gasteiger charge is 2.20. The number of nitrogens with zero attached hydrogens (tertiary/aromatic N) is 2. The van der Waals surface area contributed by atoms with Crippen molar-refractivity contribution in [3.63, 3.8) is 0 Å². The van der Waals surface area contributed by atoms with E-state index in [2.05, 4.69) is 20.8 Å². The predicted octanol–water partition coefficient (Wildman–Crippen LogP) is 4.94. The minimum Gasteiger partial charge on any atom is -0.497 e. The molecule has 1 aromatic heterocycles. The number of thioether (sulfide) groups is 1. The molecule has 0 aliphatic heterocycles. The van der Waals surface area contributed by atoms with Crippen LogP contribution in [0.3, 0.4) is 0 Å². The van der Waals surface area contributed by atoms with Gasteiger partial charge in [0.2, 0.25) is 11.0 Å². The number of rotatable bonds is 8. The van der Waals surface area contributed by atoms with Crippen molar-refractivity contribution in [3.05, 3.63) is 54.3 Å². The van der Waals surface area contributed by atoms with E-state index in [1.54, 1.807) is 7.11 Å². The first kappa shape index (κ1) is 20.1. The Labute approximate surface area is 170 Å². The third-order valence-electron chi connectivity index (χ3n) is 3.75. The molecule has 1 unspecified atom stereocenters. The fourth-order valence-electron chi connectivity index (χ4n) is 2.33. The van der Waals surface area contributed by atoms with E-state index in [0.29, 0.717) is 21.6 Å². The van der Waals surface area contributed by atoms with Gasteiger partial charge >= 0.3 is 0 Å². The Morgan fingerprint density at radius 3 is 2.71 bits per heavy atom. The maximum absolute atomic E-state index is 13.0. The van der Waals surface area contributed by atoms with E-state index < -0.39 is 0 Å². The lowest BCUT2D eigenvalue weighted by molar-refractivity contribution is -0.115. The van der Waals surface area contributed by atoms with Gasteiger partial charge in [-0.05, 0) is 42.8 Å². The Kier molecular flexibility index (Phi) is 6.83. The average molecular weight is 419 g/mol. The van der Waals surface area contributed by atoms with E-state index in [4.69, 9.17) is 4.74 Å². The first-order chi connectivity index (χ1) is 13.6. The second-order valence-corrected chi connectivity index (χ2v) is 8.17. The van der Waals surface area contributed by atoms with Gasteiger partial charge in [0.25, 0.3) is 0 Å². The zero-order valence-corrected chi connectivity index (χ0v) is 16.9. The molecule has 2 aromatic carbocycles. The summed E-state index contributed by atoms with van der Waals surface area (Å²) < 4.78 is 18.9. The molecule has 9 heteroatoms. The maximum atomic E-state index is 13.0. The van der Waals surface area contributed by atoms with Crippen molar-refractivity contribution < 1.29 is 13.9 Å². The molecule has 6 nitrogen and oxygen atoms in total. The fraction of sp³-hybridized carbons (Fsp3) is 0.211. The fourth-order valence-corrected chi connectivity index (χ4v) is 4.27. The van der Waals surface area contributed by atoms with E-state index >= 15 is 0 Å². The maximum Gasteiger partial charge on any atom is 0.237 e. The second-order valence-electron chi connectivity index (χ2n) is 5.74. The van der Waals surface area contributed by atoms with Crippen molar-refractivity contribution in [2.24, 2.45) is 0 Å². The lowest BCUT2D eigenvalue weighted by Gasteiger charge is -2.12. The molecule has 3 rings (SSSR count). The normalized spacial score (nSPS) is 11.7. The number of amides is 1. The molecule has 3 aromatic rings. The highest BCUT2D eigenvalue weighted by atomic mass is 32.2. The largest absolute Gasteiger partial charge is 0.497 e. The zero-order valence-electron chi connectivity index (χ0n) is 15.3. The third-order valence-corrected chi connectivity index (χ3v) is 6.03. The van der Waals surface area contributed by atoms with Gasteiger partial charge in [-0.25, -0.2) is 4.39 Å².